The van der Waals surface area contributed by atoms with Gasteiger partial charge in [-0.1, -0.05) is 34.1 Å². The molecule has 7 nitrogen and oxygen atoms in total. The number of carbonyl (C=O) groups is 3. The number of hydrogen-bond acceptors (Lipinski definition) is 5. The molecule has 3 amide bonds. The number of aromatic amines is 1. The summed E-state index contributed by atoms with van der Waals surface area (Å²) < 4.78 is 12.4. The summed E-state index contributed by atoms with van der Waals surface area (Å²) in [5.74, 6) is -1.42. The second-order valence-electron chi connectivity index (χ2n) is 9.04. The number of halogens is 1. The molecule has 0 fully saturated rings. The van der Waals surface area contributed by atoms with Crippen molar-refractivity contribution >= 4 is 77.6 Å². The van der Waals surface area contributed by atoms with Gasteiger partial charge in [0.05, 0.1) is 16.6 Å². The van der Waals surface area contributed by atoms with E-state index in [9.17, 15) is 14.4 Å². The van der Waals surface area contributed by atoms with Crippen LogP contribution in [0.1, 0.15) is 41.5 Å². The highest BCUT2D eigenvalue weighted by atomic mass is 79.9. The highest BCUT2D eigenvalue weighted by Gasteiger charge is 2.46. The Morgan fingerprint density at radius 1 is 1.00 bits per heavy atom. The molecule has 0 unspecified atom stereocenters. The van der Waals surface area contributed by atoms with Crippen molar-refractivity contribution in [2.45, 2.75) is 26.4 Å². The highest BCUT2D eigenvalue weighted by Crippen LogP contribution is 2.45. The van der Waals surface area contributed by atoms with E-state index in [0.29, 0.717) is 37.7 Å². The van der Waals surface area contributed by atoms with Crippen LogP contribution in [0.2, 0.25) is 0 Å². The van der Waals surface area contributed by atoms with Crippen molar-refractivity contribution in [1.82, 2.24) is 9.88 Å². The lowest BCUT2D eigenvalue weighted by molar-refractivity contribution is 0.0256. The Morgan fingerprint density at radius 3 is 2.42 bits per heavy atom. The van der Waals surface area contributed by atoms with Crippen LogP contribution in [0.15, 0.2) is 51.4 Å². The third-order valence-corrected chi connectivity index (χ3v) is 6.24. The van der Waals surface area contributed by atoms with Crippen LogP contribution in [-0.2, 0) is 4.74 Å². The molecule has 1 aliphatic rings. The number of fused-ring (bicyclic) bond motifs is 10. The van der Waals surface area contributed by atoms with E-state index < -0.39 is 23.5 Å². The Bertz CT molecular complexity index is 1700. The number of imide groups is 3. The predicted octanol–water partition coefficient (Wildman–Crippen LogP) is 6.51. The maximum Gasteiger partial charge on any atom is 0.424 e. The normalized spacial score (nSPS) is 14.2. The summed E-state index contributed by atoms with van der Waals surface area (Å²) in [5, 5.41) is 2.49. The van der Waals surface area contributed by atoms with Crippen LogP contribution in [0.25, 0.3) is 43.7 Å². The minimum atomic E-state index is -0.995. The Morgan fingerprint density at radius 2 is 1.70 bits per heavy atom. The Kier molecular flexibility index (Phi) is 3.91. The first kappa shape index (κ1) is 20.0. The maximum absolute atomic E-state index is 13.6. The zero-order valence-electron chi connectivity index (χ0n) is 17.9. The highest BCUT2D eigenvalue weighted by molar-refractivity contribution is 9.10. The molecule has 6 rings (SSSR count). The maximum atomic E-state index is 13.6. The first-order valence-corrected chi connectivity index (χ1v) is 11.1. The average Bonchev–Trinajstić information content (AvgIpc) is 3.36. The zero-order valence-corrected chi connectivity index (χ0v) is 19.5. The standard InChI is InChI=1S/C25H17BrN2O5/c1-25(2,3)33-24(31)28-22(29)18-16-12-6-4-5-7-14(12)27-20(16)21-17(19(18)23(28)30)13-9-8-11(26)10-15(13)32-21/h4-10,27H,1-3H3. The van der Waals surface area contributed by atoms with Crippen LogP contribution in [0, 0.1) is 0 Å². The lowest BCUT2D eigenvalue weighted by Gasteiger charge is -2.22. The van der Waals surface area contributed by atoms with Crippen molar-refractivity contribution in [2.75, 3.05) is 0 Å². The van der Waals surface area contributed by atoms with Gasteiger partial charge in [-0.3, -0.25) is 9.59 Å². The molecule has 0 bridgehead atoms. The first-order chi connectivity index (χ1) is 15.7. The number of ether oxygens (including phenoxy) is 1. The summed E-state index contributed by atoms with van der Waals surface area (Å²) in [7, 11) is 0. The Labute approximate surface area is 195 Å². The summed E-state index contributed by atoms with van der Waals surface area (Å²) in [6, 6.07) is 13.0. The van der Waals surface area contributed by atoms with Gasteiger partial charge in [-0.05, 0) is 45.0 Å². The predicted molar refractivity (Wildman–Crippen MR) is 128 cm³/mol. The van der Waals surface area contributed by atoms with Gasteiger partial charge >= 0.3 is 6.09 Å². The van der Waals surface area contributed by atoms with Crippen molar-refractivity contribution in [1.29, 1.82) is 0 Å². The van der Waals surface area contributed by atoms with E-state index in [1.807, 2.05) is 42.5 Å². The molecular formula is C25H17BrN2O5. The number of aromatic nitrogens is 1. The van der Waals surface area contributed by atoms with Crippen LogP contribution in [0.5, 0.6) is 0 Å². The number of amides is 3. The van der Waals surface area contributed by atoms with E-state index in [0.717, 1.165) is 15.4 Å². The van der Waals surface area contributed by atoms with Gasteiger partial charge in [0, 0.05) is 31.5 Å². The van der Waals surface area contributed by atoms with Gasteiger partial charge < -0.3 is 14.1 Å². The Hall–Kier alpha value is -3.65. The van der Waals surface area contributed by atoms with Gasteiger partial charge in [0.1, 0.15) is 11.2 Å². The molecule has 3 heterocycles. The van der Waals surface area contributed by atoms with Crippen LogP contribution in [0.3, 0.4) is 0 Å². The van der Waals surface area contributed by atoms with Gasteiger partial charge in [0.25, 0.3) is 11.8 Å². The lowest BCUT2D eigenvalue weighted by atomic mass is 9.97. The van der Waals surface area contributed by atoms with Crippen molar-refractivity contribution < 1.29 is 23.5 Å². The molecule has 2 aromatic heterocycles. The number of nitrogens with zero attached hydrogens (tertiary/aromatic N) is 1. The fourth-order valence-electron chi connectivity index (χ4n) is 4.53. The second kappa shape index (κ2) is 6.45. The molecule has 1 N–H and O–H groups in total. The summed E-state index contributed by atoms with van der Waals surface area (Å²) in [6.07, 6.45) is -0.995. The molecule has 3 aromatic carbocycles. The average molecular weight is 505 g/mol. The summed E-state index contributed by atoms with van der Waals surface area (Å²) in [5.41, 5.74) is 1.87. The molecule has 0 saturated carbocycles. The number of H-pyrrole nitrogens is 1. The smallest absolute Gasteiger partial charge is 0.424 e. The topological polar surface area (TPSA) is 92.6 Å². The minimum Gasteiger partial charge on any atom is -0.454 e. The minimum absolute atomic E-state index is 0.152. The third-order valence-electron chi connectivity index (χ3n) is 5.75. The second-order valence-corrected chi connectivity index (χ2v) is 9.96. The van der Waals surface area contributed by atoms with Crippen molar-refractivity contribution in [3.63, 3.8) is 0 Å². The van der Waals surface area contributed by atoms with Gasteiger partial charge in [0.15, 0.2) is 5.58 Å². The molecule has 0 radical (unpaired) electrons. The van der Waals surface area contributed by atoms with Crippen molar-refractivity contribution in [3.05, 3.63) is 58.1 Å². The first-order valence-electron chi connectivity index (χ1n) is 10.4. The SMILES string of the molecule is CC(C)(C)OC(=O)N1C(=O)c2c(c3c4ccc(Br)cc4oc3c3[nH]c4ccccc4c23)C1=O. The van der Waals surface area contributed by atoms with Crippen LogP contribution in [-0.4, -0.2) is 33.4 Å². The number of hydrogen-bond donors (Lipinski definition) is 1. The number of rotatable bonds is 0. The van der Waals surface area contributed by atoms with E-state index in [1.165, 1.54) is 0 Å². The van der Waals surface area contributed by atoms with Crippen molar-refractivity contribution in [2.24, 2.45) is 0 Å². The quantitative estimate of drug-likeness (QED) is 0.242. The van der Waals surface area contributed by atoms with Crippen LogP contribution in [0.4, 0.5) is 4.79 Å². The van der Waals surface area contributed by atoms with E-state index in [-0.39, 0.29) is 11.1 Å². The molecule has 0 aliphatic carbocycles. The molecule has 33 heavy (non-hydrogen) atoms. The summed E-state index contributed by atoms with van der Waals surface area (Å²) in [6.45, 7) is 5.04. The molecule has 164 valence electrons. The largest absolute Gasteiger partial charge is 0.454 e. The van der Waals surface area contributed by atoms with Crippen LogP contribution < -0.4 is 0 Å². The number of nitrogens with one attached hydrogen (secondary N) is 1. The van der Waals surface area contributed by atoms with Crippen LogP contribution >= 0.6 is 15.9 Å². The third kappa shape index (κ3) is 2.70. The van der Waals surface area contributed by atoms with Gasteiger partial charge in [-0.15, -0.1) is 0 Å². The number of para-hydroxylation sites is 1. The van der Waals surface area contributed by atoms with Gasteiger partial charge in [-0.2, -0.15) is 4.90 Å². The molecule has 0 spiro atoms. The van der Waals surface area contributed by atoms with E-state index in [1.54, 1.807) is 20.8 Å². The molecule has 0 atom stereocenters. The zero-order chi connectivity index (χ0) is 23.2. The number of furan rings is 1. The van der Waals surface area contributed by atoms with Crippen molar-refractivity contribution in [3.8, 4) is 0 Å². The molecule has 5 aromatic rings. The molecule has 8 heteroatoms. The summed E-state index contributed by atoms with van der Waals surface area (Å²) >= 11 is 3.45. The lowest BCUT2D eigenvalue weighted by Crippen LogP contribution is -2.40. The fraction of sp³-hybridized carbons (Fsp3) is 0.160. The van der Waals surface area contributed by atoms with Gasteiger partial charge in [0.2, 0.25) is 0 Å². The van der Waals surface area contributed by atoms with E-state index >= 15 is 0 Å². The molecule has 1 aliphatic heterocycles. The van der Waals surface area contributed by atoms with E-state index in [4.69, 9.17) is 9.15 Å². The summed E-state index contributed by atoms with van der Waals surface area (Å²) in [4.78, 5) is 44.0. The van der Waals surface area contributed by atoms with Gasteiger partial charge in [-0.25, -0.2) is 4.79 Å². The molecular weight excluding hydrogens is 488 g/mol. The number of carbonyl (C=O) groups excluding carboxylic acids is 3. The van der Waals surface area contributed by atoms with E-state index in [2.05, 4.69) is 20.9 Å². The monoisotopic (exact) mass is 504 g/mol. The fourth-order valence-corrected chi connectivity index (χ4v) is 4.87. The molecule has 0 saturated heterocycles. The Balaban J connectivity index is 1.77. The number of benzene rings is 3.